The van der Waals surface area contributed by atoms with E-state index in [0.29, 0.717) is 0 Å². The van der Waals surface area contributed by atoms with E-state index in [9.17, 15) is 0 Å². The Labute approximate surface area is 295 Å². The smallest absolute Gasteiger partial charge is 0.113 e. The average molecular weight is 707 g/mol. The number of aryl methyl sites for hydroxylation is 2. The summed E-state index contributed by atoms with van der Waals surface area (Å²) >= 11 is 5.03. The summed E-state index contributed by atoms with van der Waals surface area (Å²) in [5, 5.41) is 0. The number of hydrogen-bond acceptors (Lipinski definition) is 12. The SMILES string of the molecule is CCCCCCc1ccc(-c2ccc(-c3ccc(-c4ccc(CCCCCC)c5nsnc45)c4nsnc34)c3nsnc23)c2nsnc12. The lowest BCUT2D eigenvalue weighted by molar-refractivity contribution is 0.668. The minimum absolute atomic E-state index is 0.859. The number of rotatable bonds is 13. The molecular formula is C36H34N8S4. The topological polar surface area (TPSA) is 103 Å². The van der Waals surface area contributed by atoms with Crippen LogP contribution in [-0.2, 0) is 12.8 Å². The van der Waals surface area contributed by atoms with E-state index < -0.39 is 0 Å². The fraction of sp³-hybridized carbons (Fsp3) is 0.333. The lowest BCUT2D eigenvalue weighted by Crippen LogP contribution is -1.93. The monoisotopic (exact) mass is 706 g/mol. The molecule has 0 fully saturated rings. The van der Waals surface area contributed by atoms with Gasteiger partial charge in [0.1, 0.15) is 44.1 Å². The summed E-state index contributed by atoms with van der Waals surface area (Å²) in [5.74, 6) is 0. The Balaban J connectivity index is 1.17. The first-order valence-corrected chi connectivity index (χ1v) is 19.7. The Bertz CT molecular complexity index is 2200. The predicted molar refractivity (Wildman–Crippen MR) is 202 cm³/mol. The van der Waals surface area contributed by atoms with Gasteiger partial charge in [-0.25, -0.2) is 0 Å². The summed E-state index contributed by atoms with van der Waals surface area (Å²) in [5.41, 5.74) is 16.0. The van der Waals surface area contributed by atoms with Crippen LogP contribution in [0, 0.1) is 0 Å². The highest BCUT2D eigenvalue weighted by Crippen LogP contribution is 2.42. The summed E-state index contributed by atoms with van der Waals surface area (Å²) in [4.78, 5) is 0. The van der Waals surface area contributed by atoms with Crippen LogP contribution in [0.4, 0.5) is 0 Å². The summed E-state index contributed by atoms with van der Waals surface area (Å²) in [6.07, 6.45) is 11.9. The van der Waals surface area contributed by atoms with Crippen molar-refractivity contribution in [1.29, 1.82) is 0 Å². The molecule has 8 rings (SSSR count). The molecule has 0 saturated heterocycles. The molecule has 0 N–H and O–H groups in total. The Morgan fingerprint density at radius 2 is 0.604 bits per heavy atom. The minimum atomic E-state index is 0.859. The van der Waals surface area contributed by atoms with Crippen LogP contribution in [0.3, 0.4) is 0 Å². The van der Waals surface area contributed by atoms with Crippen LogP contribution >= 0.6 is 46.9 Å². The van der Waals surface area contributed by atoms with E-state index in [4.69, 9.17) is 35.0 Å². The molecule has 0 atom stereocenters. The summed E-state index contributed by atoms with van der Waals surface area (Å²) in [6.45, 7) is 4.49. The van der Waals surface area contributed by atoms with Gasteiger partial charge in [0.25, 0.3) is 0 Å². The number of unbranched alkanes of at least 4 members (excludes halogenated alkanes) is 6. The van der Waals surface area contributed by atoms with Gasteiger partial charge in [0.15, 0.2) is 0 Å². The van der Waals surface area contributed by atoms with Crippen LogP contribution in [-0.4, -0.2) is 35.0 Å². The molecule has 4 aromatic carbocycles. The second-order valence-electron chi connectivity index (χ2n) is 12.3. The van der Waals surface area contributed by atoms with Crippen molar-refractivity contribution >= 4 is 91.0 Å². The quantitative estimate of drug-likeness (QED) is 0.109. The lowest BCUT2D eigenvalue weighted by Gasteiger charge is -2.11. The molecule has 0 amide bonds. The van der Waals surface area contributed by atoms with Gasteiger partial charge in [0.2, 0.25) is 0 Å². The molecule has 8 nitrogen and oxygen atoms in total. The first-order valence-electron chi connectivity index (χ1n) is 16.8. The van der Waals surface area contributed by atoms with Gasteiger partial charge in [0, 0.05) is 33.4 Å². The normalized spacial score (nSPS) is 12.0. The molecule has 0 bridgehead atoms. The summed E-state index contributed by atoms with van der Waals surface area (Å²) in [7, 11) is 0. The molecule has 8 aromatic rings. The maximum atomic E-state index is 4.81. The van der Waals surface area contributed by atoms with Crippen LogP contribution in [0.5, 0.6) is 0 Å². The Kier molecular flexibility index (Phi) is 9.13. The van der Waals surface area contributed by atoms with Crippen molar-refractivity contribution in [3.8, 4) is 33.4 Å². The second-order valence-corrected chi connectivity index (χ2v) is 14.4. The predicted octanol–water partition coefficient (Wildman–Crippen LogP) is 11.0. The van der Waals surface area contributed by atoms with E-state index in [1.165, 1.54) is 109 Å². The highest BCUT2D eigenvalue weighted by Gasteiger charge is 2.22. The van der Waals surface area contributed by atoms with Crippen molar-refractivity contribution in [2.75, 3.05) is 0 Å². The van der Waals surface area contributed by atoms with E-state index in [2.05, 4.69) is 62.4 Å². The third-order valence-electron chi connectivity index (χ3n) is 9.30. The zero-order chi connectivity index (χ0) is 32.5. The molecule has 4 heterocycles. The third kappa shape index (κ3) is 5.68. The van der Waals surface area contributed by atoms with Gasteiger partial charge in [-0.3, -0.25) is 0 Å². The fourth-order valence-corrected chi connectivity index (χ4v) is 9.09. The minimum Gasteiger partial charge on any atom is -0.173 e. The molecule has 0 radical (unpaired) electrons. The number of nitrogens with zero attached hydrogens (tertiary/aromatic N) is 8. The van der Waals surface area contributed by atoms with Gasteiger partial charge in [-0.15, -0.1) is 0 Å². The van der Waals surface area contributed by atoms with Gasteiger partial charge in [-0.05, 0) is 36.8 Å². The van der Waals surface area contributed by atoms with E-state index in [0.717, 1.165) is 90.4 Å². The molecule has 48 heavy (non-hydrogen) atoms. The van der Waals surface area contributed by atoms with Gasteiger partial charge in [0.05, 0.1) is 46.9 Å². The summed E-state index contributed by atoms with van der Waals surface area (Å²) < 4.78 is 38.2. The van der Waals surface area contributed by atoms with Crippen molar-refractivity contribution in [2.45, 2.75) is 78.1 Å². The van der Waals surface area contributed by atoms with Crippen LogP contribution in [0.1, 0.15) is 76.3 Å². The number of aromatic nitrogens is 8. The van der Waals surface area contributed by atoms with Crippen molar-refractivity contribution in [3.63, 3.8) is 0 Å². The lowest BCUT2D eigenvalue weighted by atomic mass is 9.93. The van der Waals surface area contributed by atoms with Crippen molar-refractivity contribution in [1.82, 2.24) is 35.0 Å². The largest absolute Gasteiger partial charge is 0.173 e. The van der Waals surface area contributed by atoms with Crippen LogP contribution in [0.15, 0.2) is 48.5 Å². The highest BCUT2D eigenvalue weighted by molar-refractivity contribution is 7.01. The highest BCUT2D eigenvalue weighted by atomic mass is 32.1. The maximum absolute atomic E-state index is 4.81. The second kappa shape index (κ2) is 13.9. The molecule has 4 aromatic heterocycles. The summed E-state index contributed by atoms with van der Waals surface area (Å²) in [6, 6.07) is 17.4. The van der Waals surface area contributed by atoms with Gasteiger partial charge < -0.3 is 0 Å². The molecule has 0 aliphatic rings. The maximum Gasteiger partial charge on any atom is 0.113 e. The molecule has 242 valence electrons. The van der Waals surface area contributed by atoms with Crippen molar-refractivity contribution < 1.29 is 0 Å². The van der Waals surface area contributed by atoms with E-state index >= 15 is 0 Å². The molecule has 12 heteroatoms. The van der Waals surface area contributed by atoms with Crippen molar-refractivity contribution in [3.05, 3.63) is 59.7 Å². The third-order valence-corrected chi connectivity index (χ3v) is 11.4. The number of fused-ring (bicyclic) bond motifs is 4. The van der Waals surface area contributed by atoms with Crippen molar-refractivity contribution in [2.24, 2.45) is 0 Å². The molecule has 0 aliphatic heterocycles. The van der Waals surface area contributed by atoms with Gasteiger partial charge >= 0.3 is 0 Å². The fourth-order valence-electron chi connectivity index (χ4n) is 6.76. The number of benzene rings is 4. The Morgan fingerprint density at radius 3 is 0.917 bits per heavy atom. The van der Waals surface area contributed by atoms with E-state index in [1.807, 2.05) is 0 Å². The zero-order valence-corrected chi connectivity index (χ0v) is 30.2. The molecule has 0 spiro atoms. The molecule has 0 saturated carbocycles. The average Bonchev–Trinajstić information content (AvgIpc) is 3.94. The first kappa shape index (κ1) is 31.4. The standard InChI is InChI=1S/C36H34N8S4/c1-3-5-7-9-11-21-13-15-23(31-29(21)37-45-39-31)25-17-19-27(35-33(25)41-47-43-35)28-20-18-26(34-36(28)44-48-42-34)24-16-14-22(12-10-8-6-4-2)30-32(24)40-46-38-30/h13-20H,3-12H2,1-2H3. The first-order chi connectivity index (χ1) is 23.8. The Hall–Kier alpha value is -3.84. The Morgan fingerprint density at radius 1 is 0.333 bits per heavy atom. The van der Waals surface area contributed by atoms with Gasteiger partial charge in [-0.2, -0.15) is 35.0 Å². The van der Waals surface area contributed by atoms with E-state index in [-0.39, 0.29) is 0 Å². The van der Waals surface area contributed by atoms with Crippen LogP contribution in [0.2, 0.25) is 0 Å². The van der Waals surface area contributed by atoms with Gasteiger partial charge in [-0.1, -0.05) is 101 Å². The molecule has 0 unspecified atom stereocenters. The molecule has 0 aliphatic carbocycles. The number of hydrogen-bond donors (Lipinski definition) is 0. The van der Waals surface area contributed by atoms with Crippen LogP contribution in [0.25, 0.3) is 77.5 Å². The zero-order valence-electron chi connectivity index (χ0n) is 26.9. The van der Waals surface area contributed by atoms with E-state index in [1.54, 1.807) is 0 Å². The molecular weight excluding hydrogens is 673 g/mol. The van der Waals surface area contributed by atoms with Crippen LogP contribution < -0.4 is 0 Å².